The van der Waals surface area contributed by atoms with Crippen LogP contribution in [0.3, 0.4) is 0 Å². The average Bonchev–Trinajstić information content (AvgIpc) is 2.60. The highest BCUT2D eigenvalue weighted by Gasteiger charge is 2.44. The fraction of sp³-hybridized carbons (Fsp3) is 0.368. The van der Waals surface area contributed by atoms with Gasteiger partial charge in [-0.15, -0.1) is 5.21 Å². The molecule has 2 aromatic carbocycles. The Morgan fingerprint density at radius 1 is 0.880 bits per heavy atom. The van der Waals surface area contributed by atoms with Gasteiger partial charge in [-0.05, 0) is 16.5 Å². The molecule has 0 aliphatic carbocycles. The fourth-order valence-electron chi connectivity index (χ4n) is 2.38. The highest BCUT2D eigenvalue weighted by molar-refractivity contribution is 7.54. The number of hydroxylamine groups is 1. The molecule has 1 N–H and O–H groups in total. The Kier molecular flexibility index (Phi) is 6.94. The summed E-state index contributed by atoms with van der Waals surface area (Å²) >= 11 is 0. The van der Waals surface area contributed by atoms with E-state index in [2.05, 4.69) is 0 Å². The zero-order chi connectivity index (χ0) is 18.3. The molecule has 0 bridgehead atoms. The summed E-state index contributed by atoms with van der Waals surface area (Å²) in [5, 5.41) is 11.6. The molecule has 0 aliphatic rings. The summed E-state index contributed by atoms with van der Waals surface area (Å²) in [4.78, 5) is 0. The highest BCUT2D eigenvalue weighted by atomic mass is 31.2. The Hall–Kier alpha value is -1.49. The molecule has 0 aliphatic heterocycles. The summed E-state index contributed by atoms with van der Waals surface area (Å²) < 4.78 is 24.8. The molecule has 0 heterocycles. The minimum Gasteiger partial charge on any atom is -0.303 e. The molecule has 135 valence electrons. The molecule has 6 heteroatoms. The average molecular weight is 362 g/mol. The second-order valence-corrected chi connectivity index (χ2v) is 9.06. The van der Waals surface area contributed by atoms with E-state index in [1.165, 1.54) is 0 Å². The van der Waals surface area contributed by atoms with Gasteiger partial charge in [-0.1, -0.05) is 81.4 Å². The Labute approximate surface area is 149 Å². The monoisotopic (exact) mass is 362 g/mol. The minimum atomic E-state index is -3.71. The lowest BCUT2D eigenvalue weighted by molar-refractivity contribution is 0.0204. The summed E-state index contributed by atoms with van der Waals surface area (Å²) in [6.45, 7) is 5.70. The number of rotatable bonds is 8. The maximum absolute atomic E-state index is 13.4. The molecule has 2 rings (SSSR count). The molecular weight excluding hydrogens is 337 g/mol. The van der Waals surface area contributed by atoms with E-state index in [0.29, 0.717) is 0 Å². The van der Waals surface area contributed by atoms with Gasteiger partial charge in [-0.3, -0.25) is 4.57 Å². The van der Waals surface area contributed by atoms with Crippen LogP contribution in [0.2, 0.25) is 0 Å². The van der Waals surface area contributed by atoms with Gasteiger partial charge in [0.2, 0.25) is 0 Å². The van der Waals surface area contributed by atoms with Crippen molar-refractivity contribution in [3.63, 3.8) is 0 Å². The molecule has 0 spiro atoms. The van der Waals surface area contributed by atoms with Gasteiger partial charge >= 0.3 is 7.60 Å². The number of hydrogen-bond donors (Lipinski definition) is 1. The van der Waals surface area contributed by atoms with Gasteiger partial charge in [0.05, 0.1) is 13.2 Å². The zero-order valence-electron chi connectivity index (χ0n) is 14.8. The number of hydrogen-bond acceptors (Lipinski definition) is 4. The van der Waals surface area contributed by atoms with Crippen LogP contribution in [0.5, 0.6) is 0 Å². The van der Waals surface area contributed by atoms with Gasteiger partial charge in [0, 0.05) is 0 Å². The lowest BCUT2D eigenvalue weighted by Gasteiger charge is -2.34. The largest absolute Gasteiger partial charge is 0.351 e. The normalized spacial score (nSPS) is 13.6. The summed E-state index contributed by atoms with van der Waals surface area (Å²) in [6, 6.07) is 18.8. The van der Waals surface area contributed by atoms with E-state index < -0.39 is 18.8 Å². The van der Waals surface area contributed by atoms with Crippen LogP contribution in [-0.4, -0.2) is 5.78 Å². The molecule has 1 unspecified atom stereocenters. The van der Waals surface area contributed by atoms with Gasteiger partial charge in [0.15, 0.2) is 0 Å². The number of benzene rings is 2. The van der Waals surface area contributed by atoms with E-state index in [9.17, 15) is 9.77 Å². The maximum atomic E-state index is 13.4. The van der Waals surface area contributed by atoms with E-state index in [0.717, 1.165) is 11.1 Å². The minimum absolute atomic E-state index is 0.112. The molecule has 0 saturated carbocycles. The summed E-state index contributed by atoms with van der Waals surface area (Å²) in [5.41, 5.74) is 3.03. The molecule has 0 fully saturated rings. The predicted octanol–water partition coefficient (Wildman–Crippen LogP) is 4.92. The second kappa shape index (κ2) is 8.75. The SMILES string of the molecule is CC(C)(C)C(N[O])P(=O)(OCc1ccccc1)OCc1ccccc1. The molecule has 1 atom stereocenters. The van der Waals surface area contributed by atoms with Gasteiger partial charge in [-0.2, -0.15) is 5.48 Å². The predicted molar refractivity (Wildman–Crippen MR) is 97.1 cm³/mol. The van der Waals surface area contributed by atoms with Crippen LogP contribution in [0.1, 0.15) is 31.9 Å². The zero-order valence-corrected chi connectivity index (χ0v) is 15.7. The van der Waals surface area contributed by atoms with Crippen LogP contribution < -0.4 is 5.48 Å². The van der Waals surface area contributed by atoms with E-state index >= 15 is 0 Å². The van der Waals surface area contributed by atoms with Crippen molar-refractivity contribution >= 4 is 7.60 Å². The molecule has 2 aromatic rings. The van der Waals surface area contributed by atoms with Crippen LogP contribution in [0.25, 0.3) is 0 Å². The molecular formula is C19H25NO4P. The maximum Gasteiger partial charge on any atom is 0.351 e. The Morgan fingerprint density at radius 3 is 1.60 bits per heavy atom. The van der Waals surface area contributed by atoms with Crippen molar-refractivity contribution in [2.45, 2.75) is 39.8 Å². The Morgan fingerprint density at radius 2 is 1.28 bits per heavy atom. The van der Waals surface area contributed by atoms with E-state index in [-0.39, 0.29) is 13.2 Å². The smallest absolute Gasteiger partial charge is 0.303 e. The van der Waals surface area contributed by atoms with Crippen LogP contribution in [-0.2, 0) is 32.0 Å². The molecule has 25 heavy (non-hydrogen) atoms. The third-order valence-corrected chi connectivity index (χ3v) is 6.25. The quantitative estimate of drug-likeness (QED) is 0.535. The Balaban J connectivity index is 2.18. The molecule has 0 saturated heterocycles. The first-order valence-corrected chi connectivity index (χ1v) is 9.81. The second-order valence-electron chi connectivity index (χ2n) is 6.94. The van der Waals surface area contributed by atoms with E-state index in [1.54, 1.807) is 0 Å². The summed E-state index contributed by atoms with van der Waals surface area (Å²) in [7, 11) is -3.71. The third kappa shape index (κ3) is 5.77. The summed E-state index contributed by atoms with van der Waals surface area (Å²) in [6.07, 6.45) is 0. The number of nitrogens with one attached hydrogen (secondary N) is 1. The lowest BCUT2D eigenvalue weighted by atomic mass is 9.97. The van der Waals surface area contributed by atoms with E-state index in [1.807, 2.05) is 86.9 Å². The standard InChI is InChI=1S/C19H25NO4P/c1-19(2,3)18(20-21)25(22,23-14-16-10-6-4-7-11-16)24-15-17-12-8-5-9-13-17/h4-13,18,20H,14-15H2,1-3H3. The first-order chi connectivity index (χ1) is 11.8. The van der Waals surface area contributed by atoms with Gasteiger partial charge in [-0.25, -0.2) is 0 Å². The third-order valence-electron chi connectivity index (χ3n) is 3.76. The van der Waals surface area contributed by atoms with Crippen molar-refractivity contribution in [2.75, 3.05) is 0 Å². The Bertz CT molecular complexity index is 638. The van der Waals surface area contributed by atoms with Crippen LogP contribution in [0, 0.1) is 5.41 Å². The van der Waals surface area contributed by atoms with Gasteiger partial charge in [0.25, 0.3) is 0 Å². The first-order valence-electron chi connectivity index (χ1n) is 8.19. The van der Waals surface area contributed by atoms with Crippen LogP contribution in [0.4, 0.5) is 0 Å². The van der Waals surface area contributed by atoms with E-state index in [4.69, 9.17) is 9.05 Å². The highest BCUT2D eigenvalue weighted by Crippen LogP contribution is 2.58. The van der Waals surface area contributed by atoms with Crippen molar-refractivity contribution in [1.29, 1.82) is 0 Å². The van der Waals surface area contributed by atoms with Crippen molar-refractivity contribution in [3.05, 3.63) is 71.8 Å². The van der Waals surface area contributed by atoms with Crippen molar-refractivity contribution in [3.8, 4) is 0 Å². The fourth-order valence-corrected chi connectivity index (χ4v) is 4.49. The molecule has 0 aromatic heterocycles. The molecule has 5 nitrogen and oxygen atoms in total. The van der Waals surface area contributed by atoms with Crippen molar-refractivity contribution in [2.24, 2.45) is 5.41 Å². The van der Waals surface area contributed by atoms with Crippen molar-refractivity contribution in [1.82, 2.24) is 5.48 Å². The molecule has 1 radical (unpaired) electrons. The topological polar surface area (TPSA) is 67.5 Å². The first kappa shape index (κ1) is 19.8. The molecule has 0 amide bonds. The summed E-state index contributed by atoms with van der Waals surface area (Å²) in [5.74, 6) is -0.965. The van der Waals surface area contributed by atoms with Crippen molar-refractivity contribution < 1.29 is 18.8 Å². The van der Waals surface area contributed by atoms with Crippen LogP contribution >= 0.6 is 7.60 Å². The van der Waals surface area contributed by atoms with Gasteiger partial charge in [0.1, 0.15) is 5.78 Å². The lowest BCUT2D eigenvalue weighted by Crippen LogP contribution is -2.38. The van der Waals surface area contributed by atoms with Gasteiger partial charge < -0.3 is 9.05 Å². The van der Waals surface area contributed by atoms with Crippen LogP contribution in [0.15, 0.2) is 60.7 Å².